The minimum atomic E-state index is -3.72. The number of carbonyl (C=O) groups excluding carboxylic acids is 1. The predicted octanol–water partition coefficient (Wildman–Crippen LogP) is 4.60. The molecule has 1 N–H and O–H groups in total. The highest BCUT2D eigenvalue weighted by Gasteiger charge is 2.29. The molecule has 1 heterocycles. The molecule has 0 atom stereocenters. The highest BCUT2D eigenvalue weighted by molar-refractivity contribution is 7.89. The normalized spacial score (nSPS) is 14.4. The molecule has 4 rings (SSSR count). The zero-order chi connectivity index (χ0) is 26.8. The molecule has 1 aliphatic rings. The van der Waals surface area contributed by atoms with E-state index in [9.17, 15) is 13.2 Å². The lowest BCUT2D eigenvalue weighted by Gasteiger charge is -2.27. The first-order valence-corrected chi connectivity index (χ1v) is 14.7. The number of sulfonamides is 1. The van der Waals surface area contributed by atoms with Gasteiger partial charge in [-0.2, -0.15) is 4.31 Å². The fourth-order valence-corrected chi connectivity index (χ4v) is 6.44. The molecule has 1 aliphatic heterocycles. The van der Waals surface area contributed by atoms with Crippen molar-refractivity contribution < 1.29 is 17.9 Å². The summed E-state index contributed by atoms with van der Waals surface area (Å²) in [6.45, 7) is 2.68. The number of anilines is 1. The second kappa shape index (κ2) is 13.6. The lowest BCUT2D eigenvalue weighted by Crippen LogP contribution is -2.36. The van der Waals surface area contributed by atoms with Gasteiger partial charge in [0.25, 0.3) is 0 Å². The molecule has 0 saturated carbocycles. The zero-order valence-electron chi connectivity index (χ0n) is 22.0. The Morgan fingerprint density at radius 2 is 1.45 bits per heavy atom. The van der Waals surface area contributed by atoms with Crippen molar-refractivity contribution >= 4 is 21.6 Å². The van der Waals surface area contributed by atoms with E-state index >= 15 is 0 Å². The molecule has 38 heavy (non-hydrogen) atoms. The molecule has 7 nitrogen and oxygen atoms in total. The molecule has 0 bridgehead atoms. The Hall–Kier alpha value is -3.20. The number of carbonyl (C=O) groups is 1. The molecule has 0 unspecified atom stereocenters. The number of piperidine rings is 1. The Morgan fingerprint density at radius 3 is 2.00 bits per heavy atom. The molecule has 0 radical (unpaired) electrons. The number of benzene rings is 3. The van der Waals surface area contributed by atoms with Crippen LogP contribution in [0.5, 0.6) is 5.75 Å². The minimum Gasteiger partial charge on any atom is -0.495 e. The summed E-state index contributed by atoms with van der Waals surface area (Å²) >= 11 is 0. The van der Waals surface area contributed by atoms with E-state index in [2.05, 4.69) is 34.5 Å². The van der Waals surface area contributed by atoms with Crippen molar-refractivity contribution in [2.75, 3.05) is 45.2 Å². The van der Waals surface area contributed by atoms with Gasteiger partial charge in [0.2, 0.25) is 15.9 Å². The molecule has 0 aromatic heterocycles. The lowest BCUT2D eigenvalue weighted by molar-refractivity contribution is -0.117. The van der Waals surface area contributed by atoms with Crippen LogP contribution in [0.1, 0.15) is 30.4 Å². The first-order chi connectivity index (χ1) is 18.5. The first-order valence-electron chi connectivity index (χ1n) is 13.2. The molecule has 3 aromatic rings. The molecule has 1 amide bonds. The van der Waals surface area contributed by atoms with Gasteiger partial charge in [-0.1, -0.05) is 67.1 Å². The van der Waals surface area contributed by atoms with Crippen molar-refractivity contribution in [3.8, 4) is 5.75 Å². The largest absolute Gasteiger partial charge is 0.495 e. The standard InChI is InChI=1S/C30H37N3O4S/c1-37-28-16-15-27(23-29(28)38(35,36)33-19-9-4-10-20-33)31-30(34)24-32(21-17-25-11-5-2-6-12-25)22-18-26-13-7-3-8-14-26/h2-3,5-8,11-16,23H,4,9-10,17-22,24H2,1H3,(H,31,34). The maximum Gasteiger partial charge on any atom is 0.246 e. The summed E-state index contributed by atoms with van der Waals surface area (Å²) in [6.07, 6.45) is 4.40. The van der Waals surface area contributed by atoms with Crippen molar-refractivity contribution in [3.63, 3.8) is 0 Å². The number of nitrogens with one attached hydrogen (secondary N) is 1. The van der Waals surface area contributed by atoms with Crippen LogP contribution in [-0.2, 0) is 27.7 Å². The van der Waals surface area contributed by atoms with E-state index in [1.54, 1.807) is 12.1 Å². The summed E-state index contributed by atoms with van der Waals surface area (Å²) in [6, 6.07) is 25.3. The Balaban J connectivity index is 1.45. The molecule has 1 fully saturated rings. The maximum atomic E-state index is 13.3. The van der Waals surface area contributed by atoms with Crippen molar-refractivity contribution in [2.24, 2.45) is 0 Å². The molecular formula is C30H37N3O4S. The van der Waals surface area contributed by atoms with Crippen molar-refractivity contribution in [2.45, 2.75) is 37.0 Å². The average Bonchev–Trinajstić information content (AvgIpc) is 2.96. The highest BCUT2D eigenvalue weighted by atomic mass is 32.2. The van der Waals surface area contributed by atoms with Crippen LogP contribution in [0.4, 0.5) is 5.69 Å². The van der Waals surface area contributed by atoms with Crippen LogP contribution in [0, 0.1) is 0 Å². The van der Waals surface area contributed by atoms with Crippen molar-refractivity contribution in [1.29, 1.82) is 0 Å². The SMILES string of the molecule is COc1ccc(NC(=O)CN(CCc2ccccc2)CCc2ccccc2)cc1S(=O)(=O)N1CCCCC1. The van der Waals surface area contributed by atoms with Gasteiger partial charge in [0.1, 0.15) is 10.6 Å². The van der Waals surface area contributed by atoms with E-state index in [4.69, 9.17) is 4.74 Å². The monoisotopic (exact) mass is 535 g/mol. The topological polar surface area (TPSA) is 79.0 Å². The van der Waals surface area contributed by atoms with Crippen LogP contribution in [0.3, 0.4) is 0 Å². The number of methoxy groups -OCH3 is 1. The van der Waals surface area contributed by atoms with E-state index in [1.165, 1.54) is 28.6 Å². The van der Waals surface area contributed by atoms with Crippen LogP contribution in [-0.4, -0.2) is 63.4 Å². The Kier molecular flexibility index (Phi) is 9.92. The first kappa shape index (κ1) is 27.8. The third-order valence-corrected chi connectivity index (χ3v) is 8.79. The van der Waals surface area contributed by atoms with Gasteiger partial charge >= 0.3 is 0 Å². The van der Waals surface area contributed by atoms with Crippen LogP contribution in [0.2, 0.25) is 0 Å². The number of ether oxygens (including phenoxy) is 1. The molecule has 1 saturated heterocycles. The third kappa shape index (κ3) is 7.66. The fourth-order valence-electron chi connectivity index (χ4n) is 4.74. The third-order valence-electron chi connectivity index (χ3n) is 6.87. The van der Waals surface area contributed by atoms with Crippen molar-refractivity contribution in [1.82, 2.24) is 9.21 Å². The van der Waals surface area contributed by atoms with Crippen molar-refractivity contribution in [3.05, 3.63) is 90.0 Å². The Labute approximate surface area is 226 Å². The van der Waals surface area contributed by atoms with E-state index in [-0.39, 0.29) is 23.1 Å². The highest BCUT2D eigenvalue weighted by Crippen LogP contribution is 2.31. The predicted molar refractivity (Wildman–Crippen MR) is 151 cm³/mol. The quantitative estimate of drug-likeness (QED) is 0.367. The van der Waals surface area contributed by atoms with Crippen LogP contribution in [0.15, 0.2) is 83.8 Å². The molecule has 0 aliphatic carbocycles. The molecule has 0 spiro atoms. The van der Waals surface area contributed by atoms with Gasteiger partial charge in [-0.05, 0) is 55.0 Å². The van der Waals surface area contributed by atoms with Gasteiger partial charge in [-0.25, -0.2) is 8.42 Å². The van der Waals surface area contributed by atoms with E-state index in [1.807, 2.05) is 36.4 Å². The summed E-state index contributed by atoms with van der Waals surface area (Å²) in [5, 5.41) is 2.92. The maximum absolute atomic E-state index is 13.3. The summed E-state index contributed by atoms with van der Waals surface area (Å²) < 4.78 is 33.6. The molecular weight excluding hydrogens is 498 g/mol. The van der Waals surface area contributed by atoms with Gasteiger partial charge in [0, 0.05) is 31.9 Å². The second-order valence-corrected chi connectivity index (χ2v) is 11.5. The molecule has 202 valence electrons. The number of hydrogen-bond donors (Lipinski definition) is 1. The molecule has 8 heteroatoms. The zero-order valence-corrected chi connectivity index (χ0v) is 22.8. The number of amides is 1. The summed E-state index contributed by atoms with van der Waals surface area (Å²) in [4.78, 5) is 15.3. The number of hydrogen-bond acceptors (Lipinski definition) is 5. The summed E-state index contributed by atoms with van der Waals surface area (Å²) in [7, 11) is -2.26. The van der Waals surface area contributed by atoms with Gasteiger partial charge < -0.3 is 10.1 Å². The fraction of sp³-hybridized carbons (Fsp3) is 0.367. The van der Waals surface area contributed by atoms with E-state index in [0.29, 0.717) is 18.8 Å². The van der Waals surface area contributed by atoms with Gasteiger partial charge in [-0.15, -0.1) is 0 Å². The van der Waals surface area contributed by atoms with Gasteiger partial charge in [0.05, 0.1) is 13.7 Å². The van der Waals surface area contributed by atoms with Crippen LogP contribution >= 0.6 is 0 Å². The Morgan fingerprint density at radius 1 is 0.868 bits per heavy atom. The average molecular weight is 536 g/mol. The van der Waals surface area contributed by atoms with Crippen LogP contribution in [0.25, 0.3) is 0 Å². The number of nitrogens with zero attached hydrogens (tertiary/aromatic N) is 2. The van der Waals surface area contributed by atoms with Gasteiger partial charge in [-0.3, -0.25) is 9.69 Å². The lowest BCUT2D eigenvalue weighted by atomic mass is 10.1. The smallest absolute Gasteiger partial charge is 0.246 e. The number of rotatable bonds is 12. The van der Waals surface area contributed by atoms with Gasteiger partial charge in [0.15, 0.2) is 0 Å². The summed E-state index contributed by atoms with van der Waals surface area (Å²) in [5.74, 6) is 0.0959. The van der Waals surface area contributed by atoms with Crippen LogP contribution < -0.4 is 10.1 Å². The summed E-state index contributed by atoms with van der Waals surface area (Å²) in [5.41, 5.74) is 2.89. The second-order valence-electron chi connectivity index (χ2n) is 9.63. The van der Waals surface area contributed by atoms with E-state index in [0.717, 1.165) is 45.2 Å². The van der Waals surface area contributed by atoms with E-state index < -0.39 is 10.0 Å². The minimum absolute atomic E-state index is 0.0877. The molecule has 3 aromatic carbocycles. The Bertz CT molecular complexity index is 1230.